The average Bonchev–Trinajstić information content (AvgIpc) is 2.66. The molecule has 2 aromatic rings. The molecule has 0 bridgehead atoms. The van der Waals surface area contributed by atoms with Crippen molar-refractivity contribution >= 4 is 11.9 Å². The lowest BCUT2D eigenvalue weighted by molar-refractivity contribution is 0.331. The highest BCUT2D eigenvalue weighted by Crippen LogP contribution is 2.46. The maximum absolute atomic E-state index is 9.38. The van der Waals surface area contributed by atoms with Crippen molar-refractivity contribution in [2.24, 2.45) is 10.2 Å². The molecule has 1 aliphatic rings. The van der Waals surface area contributed by atoms with Crippen molar-refractivity contribution in [1.29, 1.82) is 0 Å². The lowest BCUT2D eigenvalue weighted by atomic mass is 9.62. The van der Waals surface area contributed by atoms with Crippen LogP contribution >= 0.6 is 0 Å². The molecule has 0 unspecified atom stereocenters. The van der Waals surface area contributed by atoms with Gasteiger partial charge in [0.25, 0.3) is 0 Å². The molecule has 0 amide bonds. The maximum Gasteiger partial charge on any atom is 0.115 e. The van der Waals surface area contributed by atoms with Gasteiger partial charge in [0.1, 0.15) is 5.75 Å². The predicted octanol–water partition coefficient (Wildman–Crippen LogP) is 6.15. The van der Waals surface area contributed by atoms with Crippen LogP contribution in [-0.4, -0.2) is 17.0 Å². The number of phenols is 1. The average molecular weight is 377 g/mol. The molecule has 1 N–H and O–H groups in total. The van der Waals surface area contributed by atoms with E-state index in [1.807, 2.05) is 19.1 Å². The summed E-state index contributed by atoms with van der Waals surface area (Å²) >= 11 is 0. The first-order valence-electron chi connectivity index (χ1n) is 10.2. The molecule has 0 saturated carbocycles. The van der Waals surface area contributed by atoms with Gasteiger partial charge in [-0.25, -0.2) is 0 Å². The Kier molecular flexibility index (Phi) is 5.47. The summed E-state index contributed by atoms with van der Waals surface area (Å²) in [6.45, 7) is 13.7. The minimum atomic E-state index is 0.182. The largest absolute Gasteiger partial charge is 0.508 e. The van der Waals surface area contributed by atoms with Gasteiger partial charge in [-0.15, -0.1) is 0 Å². The lowest BCUT2D eigenvalue weighted by Crippen LogP contribution is -2.34. The lowest BCUT2D eigenvalue weighted by Gasteiger charge is -2.42. The molecule has 3 nitrogen and oxygen atoms in total. The molecule has 0 saturated heterocycles. The molecule has 3 rings (SSSR count). The first-order valence-corrected chi connectivity index (χ1v) is 10.2. The fourth-order valence-electron chi connectivity index (χ4n) is 4.08. The van der Waals surface area contributed by atoms with Crippen molar-refractivity contribution in [2.75, 3.05) is 0 Å². The Hall–Kier alpha value is -2.42. The number of fused-ring (bicyclic) bond motifs is 1. The zero-order valence-corrected chi connectivity index (χ0v) is 18.0. The van der Waals surface area contributed by atoms with E-state index in [1.165, 1.54) is 35.1 Å². The highest BCUT2D eigenvalue weighted by molar-refractivity contribution is 6.00. The summed E-state index contributed by atoms with van der Waals surface area (Å²) in [5, 5.41) is 18.1. The van der Waals surface area contributed by atoms with Crippen LogP contribution in [0.1, 0.15) is 82.2 Å². The Morgan fingerprint density at radius 2 is 1.57 bits per heavy atom. The van der Waals surface area contributed by atoms with Crippen LogP contribution in [0.25, 0.3) is 0 Å². The monoisotopic (exact) mass is 376 g/mol. The molecule has 0 fully saturated rings. The normalized spacial score (nSPS) is 18.3. The smallest absolute Gasteiger partial charge is 0.115 e. The number of hydrogen-bond donors (Lipinski definition) is 1. The zero-order chi connectivity index (χ0) is 20.5. The second kappa shape index (κ2) is 7.54. The molecule has 28 heavy (non-hydrogen) atoms. The van der Waals surface area contributed by atoms with Crippen molar-refractivity contribution in [2.45, 2.75) is 71.6 Å². The van der Waals surface area contributed by atoms with Crippen molar-refractivity contribution in [3.05, 3.63) is 64.2 Å². The van der Waals surface area contributed by atoms with Gasteiger partial charge in [-0.1, -0.05) is 40.7 Å². The van der Waals surface area contributed by atoms with Gasteiger partial charge in [0.15, 0.2) is 0 Å². The first-order chi connectivity index (χ1) is 13.1. The molecule has 0 spiro atoms. The molecule has 148 valence electrons. The predicted molar refractivity (Wildman–Crippen MR) is 119 cm³/mol. The van der Waals surface area contributed by atoms with Crippen LogP contribution in [0.3, 0.4) is 0 Å². The maximum atomic E-state index is 9.38. The molecule has 0 radical (unpaired) electrons. The minimum Gasteiger partial charge on any atom is -0.508 e. The molecular formula is C25H32N2O. The van der Waals surface area contributed by atoms with E-state index in [9.17, 15) is 5.11 Å². The third-order valence-electron chi connectivity index (χ3n) is 6.15. The van der Waals surface area contributed by atoms with Crippen molar-refractivity contribution in [1.82, 2.24) is 0 Å². The van der Waals surface area contributed by atoms with Crippen LogP contribution in [0, 0.1) is 0 Å². The zero-order valence-electron chi connectivity index (χ0n) is 18.0. The van der Waals surface area contributed by atoms with Crippen LogP contribution in [0.15, 0.2) is 46.6 Å². The van der Waals surface area contributed by atoms with Crippen LogP contribution in [0.5, 0.6) is 5.75 Å². The van der Waals surface area contributed by atoms with Crippen molar-refractivity contribution in [3.8, 4) is 5.75 Å². The Morgan fingerprint density at radius 3 is 2.14 bits per heavy atom. The summed E-state index contributed by atoms with van der Waals surface area (Å²) in [7, 11) is 0. The molecule has 0 aliphatic heterocycles. The number of aromatic hydroxyl groups is 1. The standard InChI is InChI=1S/C25H32N2O/c1-7-19-14-22-23(25(5,6)13-12-24(22,3)4)15-21(19)17(2)27-26-16-18-8-10-20(28)11-9-18/h8-11,14-16,28H,7,12-13H2,1-6H3. The van der Waals surface area contributed by atoms with Gasteiger partial charge in [-0.3, -0.25) is 0 Å². The number of rotatable bonds is 4. The molecule has 1 aliphatic carbocycles. The highest BCUT2D eigenvalue weighted by Gasteiger charge is 2.37. The first kappa shape index (κ1) is 20.3. The number of nitrogens with zero attached hydrogens (tertiary/aromatic N) is 2. The Labute approximate surface area is 169 Å². The Balaban J connectivity index is 2.00. The van der Waals surface area contributed by atoms with E-state index in [1.54, 1.807) is 18.3 Å². The van der Waals surface area contributed by atoms with Crippen LogP contribution in [-0.2, 0) is 17.3 Å². The topological polar surface area (TPSA) is 45.0 Å². The van der Waals surface area contributed by atoms with Crippen LogP contribution < -0.4 is 0 Å². The Morgan fingerprint density at radius 1 is 1.00 bits per heavy atom. The number of hydrogen-bond acceptors (Lipinski definition) is 3. The molecule has 0 heterocycles. The van der Waals surface area contributed by atoms with E-state index in [0.717, 1.165) is 17.7 Å². The van der Waals surface area contributed by atoms with E-state index in [-0.39, 0.29) is 16.6 Å². The molecule has 2 aromatic carbocycles. The minimum absolute atomic E-state index is 0.182. The molecule has 0 aromatic heterocycles. The van der Waals surface area contributed by atoms with Crippen molar-refractivity contribution in [3.63, 3.8) is 0 Å². The van der Waals surface area contributed by atoms with Gasteiger partial charge in [0.2, 0.25) is 0 Å². The number of aryl methyl sites for hydroxylation is 1. The SMILES string of the molecule is CCc1cc2c(cc1C(C)=NN=Cc1ccc(O)cc1)C(C)(C)CCC2(C)C. The summed E-state index contributed by atoms with van der Waals surface area (Å²) in [5.41, 5.74) is 7.74. The summed E-state index contributed by atoms with van der Waals surface area (Å²) in [6.07, 6.45) is 5.13. The quantitative estimate of drug-likeness (QED) is 0.505. The van der Waals surface area contributed by atoms with Crippen molar-refractivity contribution < 1.29 is 5.11 Å². The molecule has 0 atom stereocenters. The van der Waals surface area contributed by atoms with Gasteiger partial charge in [0, 0.05) is 5.56 Å². The molecular weight excluding hydrogens is 344 g/mol. The van der Waals surface area contributed by atoms with Gasteiger partial charge in [0.05, 0.1) is 11.9 Å². The fourth-order valence-corrected chi connectivity index (χ4v) is 4.08. The molecule has 3 heteroatoms. The van der Waals surface area contributed by atoms with Gasteiger partial charge in [-0.2, -0.15) is 10.2 Å². The van der Waals surface area contributed by atoms with E-state index in [4.69, 9.17) is 0 Å². The summed E-state index contributed by atoms with van der Waals surface area (Å²) in [4.78, 5) is 0. The second-order valence-electron chi connectivity index (χ2n) is 9.20. The second-order valence-corrected chi connectivity index (χ2v) is 9.20. The Bertz CT molecular complexity index is 918. The fraction of sp³-hybridized carbons (Fsp3) is 0.440. The van der Waals surface area contributed by atoms with Crippen LogP contribution in [0.2, 0.25) is 0 Å². The summed E-state index contributed by atoms with van der Waals surface area (Å²) in [6, 6.07) is 11.7. The van der Waals surface area contributed by atoms with E-state index in [2.05, 4.69) is 57.0 Å². The summed E-state index contributed by atoms with van der Waals surface area (Å²) < 4.78 is 0. The van der Waals surface area contributed by atoms with E-state index in [0.29, 0.717) is 0 Å². The third kappa shape index (κ3) is 4.04. The van der Waals surface area contributed by atoms with Gasteiger partial charge in [-0.05, 0) is 89.6 Å². The van der Waals surface area contributed by atoms with Gasteiger partial charge < -0.3 is 5.11 Å². The van der Waals surface area contributed by atoms with E-state index < -0.39 is 0 Å². The van der Waals surface area contributed by atoms with Crippen LogP contribution in [0.4, 0.5) is 0 Å². The number of phenolic OH excluding ortho intramolecular Hbond substituents is 1. The van der Waals surface area contributed by atoms with Gasteiger partial charge >= 0.3 is 0 Å². The highest BCUT2D eigenvalue weighted by atomic mass is 16.3. The van der Waals surface area contributed by atoms with E-state index >= 15 is 0 Å². The third-order valence-corrected chi connectivity index (χ3v) is 6.15. The summed E-state index contributed by atoms with van der Waals surface area (Å²) in [5.74, 6) is 0.254. The number of benzene rings is 2.